The molecule has 0 spiro atoms. The number of nitrogens with one attached hydrogen (secondary N) is 1. The van der Waals surface area contributed by atoms with Crippen LogP contribution in [0.1, 0.15) is 51.8 Å². The van der Waals surface area contributed by atoms with Gasteiger partial charge in [0.1, 0.15) is 0 Å². The summed E-state index contributed by atoms with van der Waals surface area (Å²) in [6.45, 7) is 2.06. The van der Waals surface area contributed by atoms with E-state index in [9.17, 15) is 9.59 Å². The number of para-hydroxylation sites is 2. The number of benzene rings is 4. The van der Waals surface area contributed by atoms with Crippen molar-refractivity contribution < 1.29 is 9.59 Å². The first-order valence-electron chi connectivity index (χ1n) is 12.8. The summed E-state index contributed by atoms with van der Waals surface area (Å²) >= 11 is 6.46. The van der Waals surface area contributed by atoms with Crippen LogP contribution in [0.3, 0.4) is 0 Å². The van der Waals surface area contributed by atoms with Crippen LogP contribution in [0.25, 0.3) is 0 Å². The Kier molecular flexibility index (Phi) is 6.34. The highest BCUT2D eigenvalue weighted by molar-refractivity contribution is 6.30. The molecule has 0 unspecified atom stereocenters. The van der Waals surface area contributed by atoms with Gasteiger partial charge < -0.3 is 5.32 Å². The van der Waals surface area contributed by atoms with Crippen LogP contribution in [0.5, 0.6) is 0 Å². The van der Waals surface area contributed by atoms with E-state index in [-0.39, 0.29) is 17.6 Å². The van der Waals surface area contributed by atoms with Crippen LogP contribution in [0.4, 0.5) is 11.4 Å². The van der Waals surface area contributed by atoms with Crippen LogP contribution in [-0.4, -0.2) is 11.7 Å². The molecule has 4 aromatic carbocycles. The molecule has 1 aliphatic carbocycles. The lowest BCUT2D eigenvalue weighted by Gasteiger charge is -2.35. The third-order valence-corrected chi connectivity index (χ3v) is 7.68. The number of hydrogen-bond donors (Lipinski definition) is 1. The molecule has 0 saturated carbocycles. The number of aryl methyl sites for hydroxylation is 1. The van der Waals surface area contributed by atoms with Crippen molar-refractivity contribution in [2.45, 2.75) is 31.7 Å². The SMILES string of the molecule is Cc1ccc([C@@H]2CC(=O)C3=C(C2)Nc2ccccc2N(C(=O)c2ccccc2)[C@@H]3c2cccc(Cl)c2)cc1. The van der Waals surface area contributed by atoms with E-state index in [1.54, 1.807) is 4.90 Å². The number of amides is 1. The molecule has 2 atom stereocenters. The van der Waals surface area contributed by atoms with E-state index in [0.29, 0.717) is 29.0 Å². The number of fused-ring (bicyclic) bond motifs is 1. The number of Topliss-reactive ketones (excluding diaryl/α,β-unsaturated/α-hetero) is 1. The van der Waals surface area contributed by atoms with Gasteiger partial charge in [-0.3, -0.25) is 14.5 Å². The van der Waals surface area contributed by atoms with Gasteiger partial charge in [-0.1, -0.05) is 83.9 Å². The van der Waals surface area contributed by atoms with Crippen molar-refractivity contribution in [2.75, 3.05) is 10.2 Å². The van der Waals surface area contributed by atoms with Crippen LogP contribution < -0.4 is 10.2 Å². The molecule has 0 saturated heterocycles. The number of nitrogens with zero attached hydrogens (tertiary/aromatic N) is 1. The third kappa shape index (κ3) is 4.42. The smallest absolute Gasteiger partial charge is 0.259 e. The van der Waals surface area contributed by atoms with Crippen molar-refractivity contribution in [3.05, 3.63) is 142 Å². The van der Waals surface area contributed by atoms with Crippen LogP contribution in [0.15, 0.2) is 114 Å². The van der Waals surface area contributed by atoms with Gasteiger partial charge in [0.15, 0.2) is 5.78 Å². The summed E-state index contributed by atoms with van der Waals surface area (Å²) < 4.78 is 0. The van der Waals surface area contributed by atoms with E-state index in [1.165, 1.54) is 5.56 Å². The van der Waals surface area contributed by atoms with Gasteiger partial charge in [-0.25, -0.2) is 0 Å². The molecule has 0 bridgehead atoms. The molecule has 1 amide bonds. The first-order chi connectivity index (χ1) is 18.5. The number of rotatable bonds is 3. The molecular weight excluding hydrogens is 492 g/mol. The van der Waals surface area contributed by atoms with Crippen LogP contribution in [0, 0.1) is 6.92 Å². The topological polar surface area (TPSA) is 49.4 Å². The number of allylic oxidation sites excluding steroid dienone is 1. The normalized spacial score (nSPS) is 18.8. The van der Waals surface area contributed by atoms with Gasteiger partial charge in [-0.15, -0.1) is 0 Å². The van der Waals surface area contributed by atoms with Crippen LogP contribution >= 0.6 is 11.6 Å². The van der Waals surface area contributed by atoms with Gasteiger partial charge in [-0.2, -0.15) is 0 Å². The summed E-state index contributed by atoms with van der Waals surface area (Å²) in [7, 11) is 0. The van der Waals surface area contributed by atoms with Gasteiger partial charge in [0.2, 0.25) is 0 Å². The van der Waals surface area contributed by atoms with Crippen molar-refractivity contribution in [1.29, 1.82) is 0 Å². The molecule has 0 radical (unpaired) electrons. The number of carbonyl (C=O) groups is 2. The van der Waals surface area contributed by atoms with E-state index < -0.39 is 6.04 Å². The average Bonchev–Trinajstić information content (AvgIpc) is 3.08. The van der Waals surface area contributed by atoms with Gasteiger partial charge in [0.05, 0.1) is 17.4 Å². The maximum atomic E-state index is 14.2. The molecule has 5 heteroatoms. The zero-order valence-electron chi connectivity index (χ0n) is 21.0. The molecule has 188 valence electrons. The summed E-state index contributed by atoms with van der Waals surface area (Å²) in [6, 6.07) is 32.2. The fourth-order valence-corrected chi connectivity index (χ4v) is 5.80. The fraction of sp³-hybridized carbons (Fsp3) is 0.152. The van der Waals surface area contributed by atoms with E-state index in [0.717, 1.165) is 28.2 Å². The standard InChI is InChI=1S/C33H27ClN2O2/c1-21-14-16-22(17-15-21)25-19-28-31(30(37)20-25)32(24-10-7-11-26(34)18-24)36(29-13-6-5-12-27(29)35-28)33(38)23-8-3-2-4-9-23/h2-18,25,32,35H,19-20H2,1H3/t25-,32+/m0/s1. The molecule has 4 aromatic rings. The quantitative estimate of drug-likeness (QED) is 0.300. The second-order valence-electron chi connectivity index (χ2n) is 9.97. The van der Waals surface area contributed by atoms with Gasteiger partial charge in [-0.05, 0) is 66.8 Å². The minimum absolute atomic E-state index is 0.0352. The van der Waals surface area contributed by atoms with E-state index in [1.807, 2.05) is 78.9 Å². The molecule has 38 heavy (non-hydrogen) atoms. The Bertz CT molecular complexity index is 1560. The monoisotopic (exact) mass is 518 g/mol. The first-order valence-corrected chi connectivity index (χ1v) is 13.2. The number of hydrogen-bond acceptors (Lipinski definition) is 3. The van der Waals surface area contributed by atoms with Crippen molar-refractivity contribution >= 4 is 34.7 Å². The van der Waals surface area contributed by atoms with Gasteiger partial charge in [0, 0.05) is 28.3 Å². The molecule has 1 N–H and O–H groups in total. The Morgan fingerprint density at radius 3 is 2.34 bits per heavy atom. The molecule has 6 rings (SSSR count). The summed E-state index contributed by atoms with van der Waals surface area (Å²) in [6.07, 6.45) is 1.05. The van der Waals surface area contributed by atoms with E-state index in [2.05, 4.69) is 36.5 Å². The summed E-state index contributed by atoms with van der Waals surface area (Å²) in [5.74, 6) is -0.0853. The molecular formula is C33H27ClN2O2. The minimum Gasteiger partial charge on any atom is -0.357 e. The van der Waals surface area contributed by atoms with E-state index >= 15 is 0 Å². The molecule has 4 nitrogen and oxygen atoms in total. The summed E-state index contributed by atoms with van der Waals surface area (Å²) in [4.78, 5) is 30.1. The lowest BCUT2D eigenvalue weighted by molar-refractivity contribution is -0.116. The summed E-state index contributed by atoms with van der Waals surface area (Å²) in [5.41, 5.74) is 6.68. The Morgan fingerprint density at radius 2 is 1.58 bits per heavy atom. The van der Waals surface area contributed by atoms with Crippen molar-refractivity contribution in [3.63, 3.8) is 0 Å². The Hall–Kier alpha value is -4.15. The fourth-order valence-electron chi connectivity index (χ4n) is 5.60. The molecule has 0 aromatic heterocycles. The van der Waals surface area contributed by atoms with Crippen molar-refractivity contribution in [3.8, 4) is 0 Å². The highest BCUT2D eigenvalue weighted by Gasteiger charge is 2.41. The second kappa shape index (κ2) is 9.96. The van der Waals surface area contributed by atoms with Crippen molar-refractivity contribution in [2.24, 2.45) is 0 Å². The minimum atomic E-state index is -0.626. The lowest BCUT2D eigenvalue weighted by atomic mass is 9.78. The zero-order chi connectivity index (χ0) is 26.2. The largest absolute Gasteiger partial charge is 0.357 e. The highest BCUT2D eigenvalue weighted by atomic mass is 35.5. The number of ketones is 1. The number of carbonyl (C=O) groups excluding carboxylic acids is 2. The highest BCUT2D eigenvalue weighted by Crippen LogP contribution is 2.48. The maximum Gasteiger partial charge on any atom is 0.259 e. The first kappa shape index (κ1) is 24.2. The van der Waals surface area contributed by atoms with Crippen molar-refractivity contribution in [1.82, 2.24) is 0 Å². The molecule has 1 aliphatic heterocycles. The van der Waals surface area contributed by atoms with Gasteiger partial charge >= 0.3 is 0 Å². The Labute approximate surface area is 227 Å². The number of halogens is 1. The number of anilines is 2. The Balaban J connectivity index is 1.56. The third-order valence-electron chi connectivity index (χ3n) is 7.44. The van der Waals surface area contributed by atoms with Crippen LogP contribution in [-0.2, 0) is 4.79 Å². The lowest BCUT2D eigenvalue weighted by Crippen LogP contribution is -2.38. The molecule has 2 aliphatic rings. The van der Waals surface area contributed by atoms with Gasteiger partial charge in [0.25, 0.3) is 5.91 Å². The predicted octanol–water partition coefficient (Wildman–Crippen LogP) is 7.86. The average molecular weight is 519 g/mol. The molecule has 0 fully saturated rings. The maximum absolute atomic E-state index is 14.2. The summed E-state index contributed by atoms with van der Waals surface area (Å²) in [5, 5.41) is 4.14. The van der Waals surface area contributed by atoms with Crippen LogP contribution in [0.2, 0.25) is 5.02 Å². The molecule has 1 heterocycles. The zero-order valence-corrected chi connectivity index (χ0v) is 21.8. The second-order valence-corrected chi connectivity index (χ2v) is 10.4. The van der Waals surface area contributed by atoms with E-state index in [4.69, 9.17) is 11.6 Å². The predicted molar refractivity (Wildman–Crippen MR) is 153 cm³/mol. The Morgan fingerprint density at radius 1 is 0.842 bits per heavy atom.